The van der Waals surface area contributed by atoms with Crippen LogP contribution in [0.5, 0.6) is 11.5 Å². The van der Waals surface area contributed by atoms with E-state index in [0.717, 1.165) is 6.07 Å². The van der Waals surface area contributed by atoms with Crippen molar-refractivity contribution in [1.29, 1.82) is 0 Å². The van der Waals surface area contributed by atoms with Gasteiger partial charge in [-0.3, -0.25) is 9.52 Å². The highest BCUT2D eigenvalue weighted by molar-refractivity contribution is 7.92. The molecule has 0 saturated carbocycles. The van der Waals surface area contributed by atoms with Crippen LogP contribution in [0.4, 0.5) is 19.0 Å². The molecule has 1 aliphatic rings. The van der Waals surface area contributed by atoms with Crippen molar-refractivity contribution >= 4 is 21.7 Å². The minimum absolute atomic E-state index is 0.0144. The summed E-state index contributed by atoms with van der Waals surface area (Å²) in [6.45, 7) is 8.86. The lowest BCUT2D eigenvalue weighted by atomic mass is 9.95. The first-order valence-electron chi connectivity index (χ1n) is 15.4. The summed E-state index contributed by atoms with van der Waals surface area (Å²) in [7, 11) is -4.43. The summed E-state index contributed by atoms with van der Waals surface area (Å²) in [6, 6.07) is 10.6. The smallest absolute Gasteiger partial charge is 0.422 e. The maximum Gasteiger partial charge on any atom is 0.422 e. The predicted octanol–water partition coefficient (Wildman–Crippen LogP) is 6.82. The van der Waals surface area contributed by atoms with Gasteiger partial charge in [0.25, 0.3) is 15.9 Å². The fourth-order valence-corrected chi connectivity index (χ4v) is 6.73. The van der Waals surface area contributed by atoms with Crippen molar-refractivity contribution in [2.45, 2.75) is 64.7 Å². The van der Waals surface area contributed by atoms with Crippen LogP contribution in [-0.4, -0.2) is 53.4 Å². The lowest BCUT2D eigenvalue weighted by molar-refractivity contribution is -0.138. The molecule has 1 amide bonds. The number of benzene rings is 2. The van der Waals surface area contributed by atoms with Crippen LogP contribution in [0.2, 0.25) is 0 Å². The number of nitrogens with one attached hydrogen (secondary N) is 1. The number of nitrogens with zero attached hydrogens (tertiary/aromatic N) is 4. The maximum absolute atomic E-state index is 15.0. The van der Waals surface area contributed by atoms with Gasteiger partial charge in [-0.05, 0) is 62.4 Å². The molecule has 2 aromatic heterocycles. The van der Waals surface area contributed by atoms with Crippen LogP contribution in [-0.2, 0) is 22.7 Å². The van der Waals surface area contributed by atoms with E-state index in [-0.39, 0.29) is 46.7 Å². The number of hydrogen-bond acceptors (Lipinski definition) is 8. The highest BCUT2D eigenvalue weighted by Crippen LogP contribution is 2.45. The van der Waals surface area contributed by atoms with Crippen molar-refractivity contribution in [2.24, 2.45) is 5.92 Å². The molecule has 1 atom stereocenters. The van der Waals surface area contributed by atoms with Gasteiger partial charge in [0.2, 0.25) is 0 Å². The Kier molecular flexibility index (Phi) is 9.94. The van der Waals surface area contributed by atoms with Crippen LogP contribution in [0, 0.1) is 19.8 Å². The van der Waals surface area contributed by atoms with Crippen molar-refractivity contribution in [3.8, 4) is 22.8 Å². The third-order valence-corrected chi connectivity index (χ3v) is 9.15. The molecule has 0 unspecified atom stereocenters. The van der Waals surface area contributed by atoms with Crippen molar-refractivity contribution in [2.75, 3.05) is 17.9 Å². The molecule has 5 rings (SSSR count). The van der Waals surface area contributed by atoms with E-state index in [1.165, 1.54) is 41.6 Å². The molecule has 2 aromatic carbocycles. The molecule has 0 radical (unpaired) electrons. The van der Waals surface area contributed by atoms with Gasteiger partial charge in [0, 0.05) is 17.2 Å². The number of hydrogen-bond donors (Lipinski definition) is 1. The Hall–Kier alpha value is -4.72. The summed E-state index contributed by atoms with van der Waals surface area (Å²) in [6.07, 6.45) is -1.67. The summed E-state index contributed by atoms with van der Waals surface area (Å²) in [5, 5.41) is 0. The van der Waals surface area contributed by atoms with Crippen molar-refractivity contribution < 1.29 is 35.9 Å². The predicted molar refractivity (Wildman–Crippen MR) is 173 cm³/mol. The van der Waals surface area contributed by atoms with E-state index < -0.39 is 45.2 Å². The molecular weight excluding hydrogens is 647 g/mol. The Morgan fingerprint density at radius 2 is 1.73 bits per heavy atom. The second-order valence-electron chi connectivity index (χ2n) is 11.9. The van der Waals surface area contributed by atoms with Gasteiger partial charge in [-0.15, -0.1) is 0 Å². The summed E-state index contributed by atoms with van der Waals surface area (Å²) in [5.41, 5.74) is -0.375. The average molecular weight is 684 g/mol. The lowest BCUT2D eigenvalue weighted by Gasteiger charge is -2.33. The Balaban J connectivity index is 1.73. The van der Waals surface area contributed by atoms with E-state index in [1.54, 1.807) is 32.0 Å². The quantitative estimate of drug-likeness (QED) is 0.225. The zero-order chi connectivity index (χ0) is 34.8. The number of pyridine rings is 1. The van der Waals surface area contributed by atoms with Gasteiger partial charge in [0.05, 0.1) is 42.2 Å². The van der Waals surface area contributed by atoms with Crippen LogP contribution in [0.15, 0.2) is 65.8 Å². The topological polar surface area (TPSA) is 124 Å². The molecule has 0 aliphatic carbocycles. The minimum atomic E-state index is -4.94. The molecule has 4 aromatic rings. The number of rotatable bonds is 7. The number of carbonyl (C=O) groups is 1. The number of alkyl halides is 3. The number of aryl methyl sites for hydroxylation is 2. The Morgan fingerprint density at radius 1 is 1.06 bits per heavy atom. The molecular formula is C34H36F3N5O5S. The number of sulfonamides is 1. The number of carbonyl (C=O) groups excluding carboxylic acids is 1. The van der Waals surface area contributed by atoms with Crippen LogP contribution in [0.25, 0.3) is 11.3 Å². The molecule has 14 heteroatoms. The van der Waals surface area contributed by atoms with E-state index in [4.69, 9.17) is 9.47 Å². The zero-order valence-corrected chi connectivity index (χ0v) is 27.9. The molecule has 10 nitrogen and oxygen atoms in total. The minimum Gasteiger partial charge on any atom is -0.491 e. The second-order valence-corrected chi connectivity index (χ2v) is 13.6. The summed E-state index contributed by atoms with van der Waals surface area (Å²) in [4.78, 5) is 28.2. The number of fused-ring (bicyclic) bond motifs is 4. The van der Waals surface area contributed by atoms with Crippen LogP contribution >= 0.6 is 0 Å². The number of ether oxygens (including phenoxy) is 2. The van der Waals surface area contributed by atoms with E-state index in [0.29, 0.717) is 29.9 Å². The Bertz CT molecular complexity index is 1900. The number of halogens is 3. The number of anilines is 1. The van der Waals surface area contributed by atoms with E-state index in [9.17, 15) is 13.2 Å². The highest BCUT2D eigenvalue weighted by Gasteiger charge is 2.41. The molecule has 1 N–H and O–H groups in total. The molecule has 3 heterocycles. The number of aromatic nitrogens is 3. The second kappa shape index (κ2) is 13.8. The van der Waals surface area contributed by atoms with Crippen molar-refractivity contribution in [1.82, 2.24) is 19.9 Å². The standard InChI is InChI=1S/C34H36F3N5O5S/c1-6-46-25-16-38-29(39-17-25)18-42-24(13-20(2)3)19-47-27-15-28(41-48(44,45)26-12-8-11-23(14-26)33(42)43)40-32(31(27)34(35,36)37)30-21(4)9-7-10-22(30)5/h7-12,14-17,20,24H,6,13,18-19H2,1-5H3,(H,40,41)/t24-/m1/s1. The fourth-order valence-electron chi connectivity index (χ4n) is 5.69. The third kappa shape index (κ3) is 7.53. The van der Waals surface area contributed by atoms with E-state index in [2.05, 4.69) is 19.7 Å². The first-order valence-corrected chi connectivity index (χ1v) is 16.9. The lowest BCUT2D eigenvalue weighted by Crippen LogP contribution is -2.44. The summed E-state index contributed by atoms with van der Waals surface area (Å²) < 4.78 is 86.0. The van der Waals surface area contributed by atoms with Gasteiger partial charge in [0.1, 0.15) is 29.6 Å². The molecule has 1 aliphatic heterocycles. The van der Waals surface area contributed by atoms with Gasteiger partial charge in [-0.2, -0.15) is 13.2 Å². The maximum atomic E-state index is 15.0. The van der Waals surface area contributed by atoms with Crippen LogP contribution in [0.1, 0.15) is 60.1 Å². The van der Waals surface area contributed by atoms with Gasteiger partial charge in [-0.25, -0.2) is 23.4 Å². The Labute approximate surface area is 277 Å². The van der Waals surface area contributed by atoms with Gasteiger partial charge in [-0.1, -0.05) is 38.1 Å². The largest absolute Gasteiger partial charge is 0.491 e. The third-order valence-electron chi connectivity index (χ3n) is 7.80. The van der Waals surface area contributed by atoms with Gasteiger partial charge in [0.15, 0.2) is 5.75 Å². The van der Waals surface area contributed by atoms with Gasteiger partial charge < -0.3 is 14.4 Å². The highest BCUT2D eigenvalue weighted by atomic mass is 32.2. The van der Waals surface area contributed by atoms with Crippen LogP contribution in [0.3, 0.4) is 0 Å². The molecule has 0 spiro atoms. The summed E-state index contributed by atoms with van der Waals surface area (Å²) >= 11 is 0. The fraction of sp³-hybridized carbons (Fsp3) is 0.353. The van der Waals surface area contributed by atoms with Crippen LogP contribution < -0.4 is 14.2 Å². The first-order chi connectivity index (χ1) is 22.7. The Morgan fingerprint density at radius 3 is 2.35 bits per heavy atom. The first kappa shape index (κ1) is 34.6. The van der Waals surface area contributed by atoms with Gasteiger partial charge >= 0.3 is 6.18 Å². The summed E-state index contributed by atoms with van der Waals surface area (Å²) in [5.74, 6) is -0.911. The van der Waals surface area contributed by atoms with Crippen molar-refractivity contribution in [3.63, 3.8) is 0 Å². The molecule has 4 bridgehead atoms. The molecule has 0 saturated heterocycles. The molecule has 0 fully saturated rings. The average Bonchev–Trinajstić information content (AvgIpc) is 3.01. The molecule has 254 valence electrons. The van der Waals surface area contributed by atoms with E-state index >= 15 is 13.2 Å². The zero-order valence-electron chi connectivity index (χ0n) is 27.1. The van der Waals surface area contributed by atoms with E-state index in [1.807, 2.05) is 20.8 Å². The number of amides is 1. The monoisotopic (exact) mass is 683 g/mol. The van der Waals surface area contributed by atoms with Crippen molar-refractivity contribution in [3.05, 3.63) is 89.0 Å². The molecule has 48 heavy (non-hydrogen) atoms. The SMILES string of the molecule is CCOc1cnc(CN2C(=O)c3cccc(c3)S(=O)(=O)Nc3cc(c(C(F)(F)F)c(-c4c(C)cccc4C)n3)OC[C@H]2CC(C)C)nc1. The normalized spacial score (nSPS) is 16.3.